The van der Waals surface area contributed by atoms with Gasteiger partial charge in [-0.25, -0.2) is 0 Å². The summed E-state index contributed by atoms with van der Waals surface area (Å²) in [5.41, 5.74) is 0. The molecule has 3 heterocycles. The summed E-state index contributed by atoms with van der Waals surface area (Å²) in [6, 6.07) is -1.01. The highest BCUT2D eigenvalue weighted by Crippen LogP contribution is 2.33. The number of hydrogen-bond acceptors (Lipinski definition) is 18. The van der Waals surface area contributed by atoms with E-state index in [-0.39, 0.29) is 18.9 Å². The van der Waals surface area contributed by atoms with Gasteiger partial charge in [-0.15, -0.1) is 0 Å². The van der Waals surface area contributed by atoms with Crippen LogP contribution in [0.3, 0.4) is 0 Å². The Bertz CT molecular complexity index is 2340. The Morgan fingerprint density at radius 3 is 1.06 bits per heavy atom. The topological polar surface area (TPSA) is 307 Å². The average Bonchev–Trinajstić information content (AvgIpc) is 0.781. The number of ether oxygens (including phenoxy) is 6. The first-order valence-electron chi connectivity index (χ1n) is 42.1. The van der Waals surface area contributed by atoms with Crippen LogP contribution in [0.5, 0.6) is 0 Å². The van der Waals surface area contributed by atoms with E-state index in [1.165, 1.54) is 161 Å². The predicted octanol–water partition coefficient (Wildman–Crippen LogP) is 14.9. The van der Waals surface area contributed by atoms with Crippen LogP contribution in [0.15, 0.2) is 109 Å². The number of carbonyl (C=O) groups is 1. The van der Waals surface area contributed by atoms with E-state index < -0.39 is 124 Å². The number of unbranched alkanes of at least 4 members (excludes halogenated alkanes) is 34. The molecular formula is C87H151NO18. The summed E-state index contributed by atoms with van der Waals surface area (Å²) in [7, 11) is 0. The number of nitrogens with one attached hydrogen (secondary N) is 1. The molecule has 0 bridgehead atoms. The minimum atomic E-state index is -1.99. The Morgan fingerprint density at radius 2 is 0.660 bits per heavy atom. The Balaban J connectivity index is 1.38. The van der Waals surface area contributed by atoms with Crippen molar-refractivity contribution in [1.29, 1.82) is 0 Å². The van der Waals surface area contributed by atoms with Crippen LogP contribution in [-0.4, -0.2) is 193 Å². The van der Waals surface area contributed by atoms with Gasteiger partial charge in [0.1, 0.15) is 73.2 Å². The highest BCUT2D eigenvalue weighted by atomic mass is 16.8. The van der Waals surface area contributed by atoms with Gasteiger partial charge in [-0.3, -0.25) is 4.79 Å². The lowest BCUT2D eigenvalue weighted by molar-refractivity contribution is -0.379. The molecular weight excluding hydrogens is 1350 g/mol. The summed E-state index contributed by atoms with van der Waals surface area (Å²) < 4.78 is 34.4. The van der Waals surface area contributed by atoms with Crippen LogP contribution in [0.2, 0.25) is 0 Å². The molecule has 17 atom stereocenters. The van der Waals surface area contributed by atoms with Gasteiger partial charge < -0.3 is 89.9 Å². The standard InChI is InChI=1S/C87H151NO18/c1-3-5-7-9-11-13-15-17-19-21-23-25-27-29-31-33-34-35-37-38-40-42-44-46-48-50-52-54-56-58-60-62-64-71(92)70(88-75(93)65-63-61-59-57-55-53-51-49-47-45-43-41-39-36-32-30-28-26-24-22-20-18-16-14-12-10-8-6-4-2)69-101-85-81(99)78(96)83(73(67-90)103-85)106-87-82(100)79(97)84(74(68-91)104-87)105-86-80(98)77(95)76(94)72(66-89)102-86/h6,8,12,14,18,20,24,26,30,32,39,41,45,47,54,56,62,64,70-74,76-87,89-92,94-100H,3-5,7,9-11,13,15-17,19,21-23,25,27-29,31,33-38,40,42-44,46,48-53,55,57-61,63,65-69H2,1-2H3,(H,88,93)/b8-6-,14-12-,20-18-,26-24-,32-30-,41-39-,47-45-,56-54+,64-62+. The third-order valence-electron chi connectivity index (χ3n) is 20.3. The maximum atomic E-state index is 13.5. The van der Waals surface area contributed by atoms with Crippen molar-refractivity contribution < 1.29 is 89.4 Å². The second-order valence-corrected chi connectivity index (χ2v) is 29.6. The van der Waals surface area contributed by atoms with Crippen molar-refractivity contribution in [2.45, 2.75) is 407 Å². The van der Waals surface area contributed by atoms with Crippen molar-refractivity contribution in [2.24, 2.45) is 0 Å². The summed E-state index contributed by atoms with van der Waals surface area (Å²) in [5, 5.41) is 121. The molecule has 3 fully saturated rings. The molecule has 3 saturated heterocycles. The van der Waals surface area contributed by atoms with E-state index in [1.54, 1.807) is 6.08 Å². The van der Waals surface area contributed by atoms with E-state index in [1.807, 2.05) is 6.08 Å². The van der Waals surface area contributed by atoms with Crippen molar-refractivity contribution in [3.63, 3.8) is 0 Å². The van der Waals surface area contributed by atoms with Crippen LogP contribution in [0.4, 0.5) is 0 Å². The maximum Gasteiger partial charge on any atom is 0.220 e. The van der Waals surface area contributed by atoms with E-state index >= 15 is 0 Å². The summed E-state index contributed by atoms with van der Waals surface area (Å²) in [4.78, 5) is 13.5. The summed E-state index contributed by atoms with van der Waals surface area (Å²) >= 11 is 0. The van der Waals surface area contributed by atoms with Crippen LogP contribution in [0.1, 0.15) is 303 Å². The number of rotatable bonds is 66. The van der Waals surface area contributed by atoms with Crippen LogP contribution < -0.4 is 5.32 Å². The molecule has 106 heavy (non-hydrogen) atoms. The number of hydrogen-bond donors (Lipinski definition) is 12. The number of allylic oxidation sites excluding steroid dienone is 17. The number of carbonyl (C=O) groups excluding carboxylic acids is 1. The molecule has 19 heteroatoms. The molecule has 3 aliphatic rings. The largest absolute Gasteiger partial charge is 0.394 e. The van der Waals surface area contributed by atoms with Crippen LogP contribution in [-0.2, 0) is 33.2 Å². The number of amides is 1. The van der Waals surface area contributed by atoms with E-state index in [9.17, 15) is 61.0 Å². The van der Waals surface area contributed by atoms with Crippen molar-refractivity contribution in [3.05, 3.63) is 109 Å². The molecule has 0 aliphatic carbocycles. The van der Waals surface area contributed by atoms with Crippen molar-refractivity contribution in [1.82, 2.24) is 5.32 Å². The van der Waals surface area contributed by atoms with Gasteiger partial charge in [-0.05, 0) is 89.9 Å². The SMILES string of the molecule is CC/C=C\C/C=C\C/C=C\C/C=C\C/C=C\C/C=C\C/C=C\CCCCCCCCCC(=O)NC(COC1OC(CO)C(OC2OC(CO)C(OC3OC(CO)C(O)C(O)C3O)C(O)C2O)C(O)C1O)C(O)/C=C/CC/C=C/CCCCCCCCCCCCCCCCCCCCCCCCCCCC. The number of aliphatic hydroxyl groups is 11. The van der Waals surface area contributed by atoms with Gasteiger partial charge in [0.2, 0.25) is 5.91 Å². The average molecular weight is 1500 g/mol. The molecule has 0 saturated carbocycles. The summed E-state index contributed by atoms with van der Waals surface area (Å²) in [5.74, 6) is -0.298. The lowest BCUT2D eigenvalue weighted by Crippen LogP contribution is -2.66. The van der Waals surface area contributed by atoms with Gasteiger partial charge in [0.25, 0.3) is 0 Å². The van der Waals surface area contributed by atoms with Gasteiger partial charge in [-0.1, -0.05) is 316 Å². The third-order valence-corrected chi connectivity index (χ3v) is 20.3. The second kappa shape index (κ2) is 66.1. The Morgan fingerprint density at radius 1 is 0.349 bits per heavy atom. The lowest BCUT2D eigenvalue weighted by Gasteiger charge is -2.48. The minimum absolute atomic E-state index is 0.216. The zero-order valence-corrected chi connectivity index (χ0v) is 65.6. The molecule has 0 aromatic heterocycles. The zero-order valence-electron chi connectivity index (χ0n) is 65.6. The fourth-order valence-corrected chi connectivity index (χ4v) is 13.6. The molecule has 17 unspecified atom stereocenters. The highest BCUT2D eigenvalue weighted by Gasteiger charge is 2.54. The lowest BCUT2D eigenvalue weighted by atomic mass is 9.96. The van der Waals surface area contributed by atoms with Gasteiger partial charge in [0.05, 0.1) is 38.6 Å². The number of aliphatic hydroxyl groups excluding tert-OH is 11. The molecule has 12 N–H and O–H groups in total. The van der Waals surface area contributed by atoms with Crippen LogP contribution in [0.25, 0.3) is 0 Å². The molecule has 19 nitrogen and oxygen atoms in total. The first-order chi connectivity index (χ1) is 51.8. The van der Waals surface area contributed by atoms with Crippen molar-refractivity contribution in [3.8, 4) is 0 Å². The third kappa shape index (κ3) is 45.1. The van der Waals surface area contributed by atoms with Crippen LogP contribution in [0, 0.1) is 0 Å². The molecule has 0 spiro atoms. The van der Waals surface area contributed by atoms with Gasteiger partial charge in [0, 0.05) is 6.42 Å². The quantitative estimate of drug-likeness (QED) is 0.0199. The first-order valence-corrected chi connectivity index (χ1v) is 42.1. The van der Waals surface area contributed by atoms with Crippen LogP contribution >= 0.6 is 0 Å². The van der Waals surface area contributed by atoms with E-state index in [0.29, 0.717) is 12.8 Å². The Hall–Kier alpha value is -3.55. The Labute approximate surface area is 640 Å². The van der Waals surface area contributed by atoms with Gasteiger partial charge in [0.15, 0.2) is 18.9 Å². The smallest absolute Gasteiger partial charge is 0.220 e. The monoisotopic (exact) mass is 1500 g/mol. The molecule has 0 aromatic rings. The molecule has 3 rings (SSSR count). The maximum absolute atomic E-state index is 13.5. The molecule has 1 amide bonds. The summed E-state index contributed by atoms with van der Waals surface area (Å²) in [6.07, 6.45) is 65.1. The van der Waals surface area contributed by atoms with Gasteiger partial charge >= 0.3 is 0 Å². The fourth-order valence-electron chi connectivity index (χ4n) is 13.6. The first kappa shape index (κ1) is 96.6. The van der Waals surface area contributed by atoms with E-state index in [0.717, 1.165) is 109 Å². The molecule has 0 aromatic carbocycles. The zero-order chi connectivity index (χ0) is 76.7. The molecule has 3 aliphatic heterocycles. The normalized spacial score (nSPS) is 26.2. The van der Waals surface area contributed by atoms with E-state index in [4.69, 9.17) is 28.4 Å². The second-order valence-electron chi connectivity index (χ2n) is 29.6. The minimum Gasteiger partial charge on any atom is -0.394 e. The van der Waals surface area contributed by atoms with Crippen molar-refractivity contribution in [2.75, 3.05) is 26.4 Å². The highest BCUT2D eigenvalue weighted by molar-refractivity contribution is 5.76. The van der Waals surface area contributed by atoms with Gasteiger partial charge in [-0.2, -0.15) is 0 Å². The molecule has 0 radical (unpaired) electrons. The molecule has 612 valence electrons. The Kier molecular flexibility index (Phi) is 60.3. The fraction of sp³-hybridized carbons (Fsp3) is 0.782. The summed E-state index contributed by atoms with van der Waals surface area (Å²) in [6.45, 7) is 1.62. The van der Waals surface area contributed by atoms with E-state index in [2.05, 4.69) is 116 Å². The van der Waals surface area contributed by atoms with Crippen molar-refractivity contribution >= 4 is 5.91 Å². The predicted molar refractivity (Wildman–Crippen MR) is 424 cm³/mol.